The molecule has 0 atom stereocenters. The quantitative estimate of drug-likeness (QED) is 0.671. The highest BCUT2D eigenvalue weighted by Gasteiger charge is 2.06. The number of fused-ring (bicyclic) bond motifs is 1. The molecule has 17 heavy (non-hydrogen) atoms. The molecule has 1 radical (unpaired) electrons. The number of nitrogens with zero attached hydrogens (tertiary/aromatic N) is 1. The van der Waals surface area contributed by atoms with Crippen molar-refractivity contribution in [2.75, 3.05) is 0 Å². The van der Waals surface area contributed by atoms with E-state index in [9.17, 15) is 0 Å². The normalized spacial score (nSPS) is 10.6. The van der Waals surface area contributed by atoms with Crippen molar-refractivity contribution in [1.82, 2.24) is 4.98 Å². The number of hydrogen-bond donors (Lipinski definition) is 0. The Balaban J connectivity index is 2.13. The number of hydrogen-bond acceptors (Lipinski definition) is 3. The maximum atomic E-state index is 4.98. The summed E-state index contributed by atoms with van der Waals surface area (Å²) in [5, 5.41) is 1.00. The highest BCUT2D eigenvalue weighted by atomic mass is 32.1. The summed E-state index contributed by atoms with van der Waals surface area (Å²) >= 11 is 1.68. The van der Waals surface area contributed by atoms with Crippen molar-refractivity contribution >= 4 is 21.6 Å². The van der Waals surface area contributed by atoms with E-state index in [4.69, 9.17) is 4.74 Å². The molecule has 0 aliphatic carbocycles. The van der Waals surface area contributed by atoms with Gasteiger partial charge in [-0.05, 0) is 24.3 Å². The van der Waals surface area contributed by atoms with Gasteiger partial charge in [0, 0.05) is 5.56 Å². The van der Waals surface area contributed by atoms with Gasteiger partial charge >= 0.3 is 0 Å². The molecule has 1 aromatic heterocycles. The first-order valence-electron chi connectivity index (χ1n) is 5.25. The minimum Gasteiger partial charge on any atom is -0.490 e. The third kappa shape index (κ3) is 1.89. The predicted octanol–water partition coefficient (Wildman–Crippen LogP) is 4.13. The minimum absolute atomic E-state index is 0.752. The van der Waals surface area contributed by atoms with Crippen molar-refractivity contribution in [2.24, 2.45) is 0 Å². The van der Waals surface area contributed by atoms with Crippen LogP contribution in [0.1, 0.15) is 0 Å². The van der Waals surface area contributed by atoms with Gasteiger partial charge in [-0.3, -0.25) is 0 Å². The molecule has 0 amide bonds. The third-order valence-electron chi connectivity index (χ3n) is 2.54. The molecule has 1 heterocycles. The maximum absolute atomic E-state index is 4.98. The van der Waals surface area contributed by atoms with Crippen LogP contribution < -0.4 is 4.74 Å². The van der Waals surface area contributed by atoms with Crippen molar-refractivity contribution in [3.63, 3.8) is 0 Å². The molecule has 0 bridgehead atoms. The molecule has 2 nitrogen and oxygen atoms in total. The first-order chi connectivity index (χ1) is 8.36. The molecule has 3 aromatic rings. The summed E-state index contributed by atoms with van der Waals surface area (Å²) in [5.74, 6) is 0.752. The van der Waals surface area contributed by atoms with Crippen LogP contribution in [0.3, 0.4) is 0 Å². The summed E-state index contributed by atoms with van der Waals surface area (Å²) in [4.78, 5) is 4.60. The maximum Gasteiger partial charge on any atom is 0.124 e. The summed E-state index contributed by atoms with van der Waals surface area (Å²) < 4.78 is 6.17. The van der Waals surface area contributed by atoms with E-state index in [1.165, 1.54) is 4.70 Å². The van der Waals surface area contributed by atoms with Crippen molar-refractivity contribution < 1.29 is 4.74 Å². The van der Waals surface area contributed by atoms with E-state index in [0.717, 1.165) is 21.8 Å². The Morgan fingerprint density at radius 3 is 2.76 bits per heavy atom. The van der Waals surface area contributed by atoms with E-state index in [1.54, 1.807) is 11.3 Å². The number of para-hydroxylation sites is 1. The van der Waals surface area contributed by atoms with Gasteiger partial charge < -0.3 is 4.74 Å². The molecular weight excluding hydrogens is 230 g/mol. The van der Waals surface area contributed by atoms with Gasteiger partial charge in [-0.1, -0.05) is 24.3 Å². The lowest BCUT2D eigenvalue weighted by Gasteiger charge is -2.00. The first-order valence-corrected chi connectivity index (χ1v) is 6.06. The fourth-order valence-electron chi connectivity index (χ4n) is 1.71. The SMILES string of the molecule is [CH2]Oc1cccc(-c2nc3ccccc3s2)c1. The minimum atomic E-state index is 0.752. The van der Waals surface area contributed by atoms with Crippen molar-refractivity contribution in [3.8, 4) is 16.3 Å². The highest BCUT2D eigenvalue weighted by molar-refractivity contribution is 7.21. The van der Waals surface area contributed by atoms with E-state index < -0.39 is 0 Å². The Kier molecular flexibility index (Phi) is 2.53. The van der Waals surface area contributed by atoms with Crippen LogP contribution >= 0.6 is 11.3 Å². The predicted molar refractivity (Wildman–Crippen MR) is 71.0 cm³/mol. The van der Waals surface area contributed by atoms with Crippen molar-refractivity contribution in [1.29, 1.82) is 0 Å². The zero-order valence-electron chi connectivity index (χ0n) is 9.09. The smallest absolute Gasteiger partial charge is 0.124 e. The second-order valence-electron chi connectivity index (χ2n) is 3.66. The molecule has 0 aliphatic heterocycles. The second-order valence-corrected chi connectivity index (χ2v) is 4.69. The summed E-state index contributed by atoms with van der Waals surface area (Å²) in [6.45, 7) is 0. The van der Waals surface area contributed by atoms with Crippen LogP contribution in [0.2, 0.25) is 0 Å². The summed E-state index contributed by atoms with van der Waals surface area (Å²) in [6.07, 6.45) is 0. The molecule has 0 saturated carbocycles. The van der Waals surface area contributed by atoms with Gasteiger partial charge in [0.05, 0.1) is 10.2 Å². The fourth-order valence-corrected chi connectivity index (χ4v) is 2.68. The molecule has 83 valence electrons. The summed E-state index contributed by atoms with van der Waals surface area (Å²) in [7, 11) is 3.42. The Morgan fingerprint density at radius 1 is 1.06 bits per heavy atom. The van der Waals surface area contributed by atoms with Crippen LogP contribution in [0, 0.1) is 7.11 Å². The number of rotatable bonds is 2. The standard InChI is InChI=1S/C14H10NOS/c1-16-11-6-4-5-10(9-11)14-15-12-7-2-3-8-13(12)17-14/h2-9H,1H2. The van der Waals surface area contributed by atoms with Gasteiger partial charge in [0.2, 0.25) is 0 Å². The molecular formula is C14H10NOS. The van der Waals surface area contributed by atoms with Crippen LogP contribution in [0.15, 0.2) is 48.5 Å². The molecule has 0 N–H and O–H groups in total. The third-order valence-corrected chi connectivity index (χ3v) is 3.63. The lowest BCUT2D eigenvalue weighted by molar-refractivity contribution is 0.473. The Bertz CT molecular complexity index is 627. The summed E-state index contributed by atoms with van der Waals surface area (Å²) in [6, 6.07) is 15.9. The number of ether oxygens (including phenoxy) is 1. The molecule has 0 aliphatic rings. The monoisotopic (exact) mass is 240 g/mol. The largest absolute Gasteiger partial charge is 0.490 e. The first kappa shape index (κ1) is 10.3. The lowest BCUT2D eigenvalue weighted by Crippen LogP contribution is -1.80. The molecule has 0 spiro atoms. The Labute approximate surface area is 104 Å². The number of benzene rings is 2. The van der Waals surface area contributed by atoms with Crippen LogP contribution in [0.25, 0.3) is 20.8 Å². The average Bonchev–Trinajstić information content (AvgIpc) is 2.82. The van der Waals surface area contributed by atoms with E-state index >= 15 is 0 Å². The highest BCUT2D eigenvalue weighted by Crippen LogP contribution is 2.31. The summed E-state index contributed by atoms with van der Waals surface area (Å²) in [5.41, 5.74) is 2.10. The molecule has 0 saturated heterocycles. The van der Waals surface area contributed by atoms with Gasteiger partial charge in [0.1, 0.15) is 17.9 Å². The topological polar surface area (TPSA) is 22.1 Å². The van der Waals surface area contributed by atoms with Gasteiger partial charge in [0.25, 0.3) is 0 Å². The van der Waals surface area contributed by atoms with Crippen LogP contribution in [0.5, 0.6) is 5.75 Å². The lowest BCUT2D eigenvalue weighted by atomic mass is 10.2. The molecule has 3 rings (SSSR count). The molecule has 0 fully saturated rings. The number of aromatic nitrogens is 1. The molecule has 3 heteroatoms. The average molecular weight is 240 g/mol. The van der Waals surface area contributed by atoms with E-state index in [1.807, 2.05) is 42.5 Å². The molecule has 2 aromatic carbocycles. The van der Waals surface area contributed by atoms with Crippen LogP contribution in [-0.2, 0) is 0 Å². The van der Waals surface area contributed by atoms with E-state index in [2.05, 4.69) is 18.2 Å². The van der Waals surface area contributed by atoms with Crippen molar-refractivity contribution in [3.05, 3.63) is 55.6 Å². The second kappa shape index (κ2) is 4.18. The van der Waals surface area contributed by atoms with Gasteiger partial charge in [-0.25, -0.2) is 4.98 Å². The van der Waals surface area contributed by atoms with Gasteiger partial charge in [-0.2, -0.15) is 0 Å². The van der Waals surface area contributed by atoms with Gasteiger partial charge in [0.15, 0.2) is 0 Å². The van der Waals surface area contributed by atoms with E-state index in [-0.39, 0.29) is 0 Å². The fraction of sp³-hybridized carbons (Fsp3) is 0. The molecule has 0 unspecified atom stereocenters. The Hall–Kier alpha value is -1.87. The van der Waals surface area contributed by atoms with E-state index in [0.29, 0.717) is 0 Å². The van der Waals surface area contributed by atoms with Crippen LogP contribution in [-0.4, -0.2) is 4.98 Å². The Morgan fingerprint density at radius 2 is 1.94 bits per heavy atom. The number of thiazole rings is 1. The van der Waals surface area contributed by atoms with Crippen molar-refractivity contribution in [2.45, 2.75) is 0 Å². The zero-order valence-corrected chi connectivity index (χ0v) is 9.91. The zero-order chi connectivity index (χ0) is 11.7. The van der Waals surface area contributed by atoms with Crippen LogP contribution in [0.4, 0.5) is 0 Å². The van der Waals surface area contributed by atoms with Gasteiger partial charge in [-0.15, -0.1) is 11.3 Å².